The molecule has 0 saturated heterocycles. The van der Waals surface area contributed by atoms with Crippen molar-refractivity contribution in [3.8, 4) is 0 Å². The van der Waals surface area contributed by atoms with E-state index in [1.165, 1.54) is 0 Å². The predicted octanol–water partition coefficient (Wildman–Crippen LogP) is 2.58. The van der Waals surface area contributed by atoms with Crippen molar-refractivity contribution in [2.75, 3.05) is 0 Å². The Labute approximate surface area is 112 Å². The van der Waals surface area contributed by atoms with E-state index in [1.54, 1.807) is 0 Å². The van der Waals surface area contributed by atoms with Gasteiger partial charge in [-0.05, 0) is 12.5 Å². The van der Waals surface area contributed by atoms with E-state index in [2.05, 4.69) is 0 Å². The molecule has 11 heteroatoms. The summed E-state index contributed by atoms with van der Waals surface area (Å²) in [5.41, 5.74) is 0. The Balaban J connectivity index is 4.13. The van der Waals surface area contributed by atoms with Crippen LogP contribution >= 0.6 is 0 Å². The van der Waals surface area contributed by atoms with Crippen LogP contribution in [0.25, 0.3) is 0 Å². The van der Waals surface area contributed by atoms with Gasteiger partial charge >= 0.3 is 18.0 Å². The summed E-state index contributed by atoms with van der Waals surface area (Å²) in [5.74, 6) is -11.1. The van der Waals surface area contributed by atoms with Crippen LogP contribution in [-0.2, 0) is 0 Å². The van der Waals surface area contributed by atoms with Crippen LogP contribution in [0.2, 0.25) is 6.04 Å². The van der Waals surface area contributed by atoms with E-state index >= 15 is 0 Å². The van der Waals surface area contributed by atoms with Gasteiger partial charge in [0, 0.05) is 6.42 Å². The number of unbranched alkanes of at least 4 members (excludes halogenated alkanes) is 3. The van der Waals surface area contributed by atoms with Crippen LogP contribution in [0.1, 0.15) is 32.1 Å². The molecule has 0 aliphatic carbocycles. The number of alkyl halides is 7. The molecule has 0 heterocycles. The molecule has 0 aromatic heterocycles. The van der Waals surface area contributed by atoms with Crippen molar-refractivity contribution in [3.63, 3.8) is 0 Å². The molecule has 20 heavy (non-hydrogen) atoms. The fourth-order valence-electron chi connectivity index (χ4n) is 1.50. The maximum Gasteiger partial charge on any atom is 0.459 e. The third-order valence-corrected chi connectivity index (χ3v) is 3.89. The standard InChI is InChI=1S/C9H18F7N3Si/c10-7(11,8(12,13)9(14,15)16)5-3-1-2-4-6-20(17,18)19/h1-6,17-19H2. The summed E-state index contributed by atoms with van der Waals surface area (Å²) < 4.78 is 86.3. The Morgan fingerprint density at radius 3 is 1.55 bits per heavy atom. The third-order valence-electron chi connectivity index (χ3n) is 2.67. The van der Waals surface area contributed by atoms with Crippen LogP contribution in [0.15, 0.2) is 0 Å². The van der Waals surface area contributed by atoms with Gasteiger partial charge in [-0.25, -0.2) is 0 Å². The molecule has 0 rings (SSSR count). The molecule has 6 N–H and O–H groups in total. The molecule has 0 spiro atoms. The molecule has 0 amide bonds. The fraction of sp³-hybridized carbons (Fsp3) is 1.00. The van der Waals surface area contributed by atoms with E-state index in [0.29, 0.717) is 18.9 Å². The maximum absolute atomic E-state index is 12.9. The van der Waals surface area contributed by atoms with Gasteiger partial charge in [-0.3, -0.25) is 0 Å². The van der Waals surface area contributed by atoms with Crippen molar-refractivity contribution in [2.24, 2.45) is 16.2 Å². The Morgan fingerprint density at radius 2 is 1.15 bits per heavy atom. The van der Waals surface area contributed by atoms with E-state index in [-0.39, 0.29) is 6.42 Å². The first-order chi connectivity index (χ1) is 8.71. The molecule has 0 aromatic rings. The highest BCUT2D eigenvalue weighted by molar-refractivity contribution is 6.70. The lowest BCUT2D eigenvalue weighted by molar-refractivity contribution is -0.355. The molecule has 0 bridgehead atoms. The van der Waals surface area contributed by atoms with Crippen LogP contribution in [-0.4, -0.2) is 26.6 Å². The summed E-state index contributed by atoms with van der Waals surface area (Å²) in [5, 5.41) is 16.1. The van der Waals surface area contributed by atoms with E-state index in [9.17, 15) is 30.7 Å². The average Bonchev–Trinajstić information content (AvgIpc) is 2.19. The van der Waals surface area contributed by atoms with Gasteiger partial charge in [0.2, 0.25) is 0 Å². The van der Waals surface area contributed by atoms with Crippen molar-refractivity contribution < 1.29 is 30.7 Å². The Bertz CT molecular complexity index is 301. The number of hydrogen-bond donors (Lipinski definition) is 3. The van der Waals surface area contributed by atoms with E-state index in [1.807, 2.05) is 0 Å². The topological polar surface area (TPSA) is 78.1 Å². The highest BCUT2D eigenvalue weighted by Gasteiger charge is 2.72. The van der Waals surface area contributed by atoms with E-state index in [4.69, 9.17) is 16.2 Å². The van der Waals surface area contributed by atoms with E-state index in [0.717, 1.165) is 0 Å². The minimum absolute atomic E-state index is 0.0774. The molecule has 0 aromatic carbocycles. The van der Waals surface area contributed by atoms with Crippen molar-refractivity contribution in [3.05, 3.63) is 0 Å². The van der Waals surface area contributed by atoms with Crippen molar-refractivity contribution in [2.45, 2.75) is 56.2 Å². The molecular formula is C9H18F7N3Si. The summed E-state index contributed by atoms with van der Waals surface area (Å²) in [6, 6.07) is 0.322. The number of hydrogen-bond acceptors (Lipinski definition) is 3. The zero-order valence-corrected chi connectivity index (χ0v) is 11.6. The van der Waals surface area contributed by atoms with Gasteiger partial charge in [-0.15, -0.1) is 0 Å². The van der Waals surface area contributed by atoms with Crippen molar-refractivity contribution in [1.29, 1.82) is 0 Å². The second-order valence-corrected chi connectivity index (χ2v) is 7.53. The monoisotopic (exact) mass is 329 g/mol. The van der Waals surface area contributed by atoms with Crippen molar-refractivity contribution >= 4 is 8.56 Å². The van der Waals surface area contributed by atoms with Crippen LogP contribution in [0.3, 0.4) is 0 Å². The minimum Gasteiger partial charge on any atom is -0.327 e. The first kappa shape index (κ1) is 19.6. The lowest BCUT2D eigenvalue weighted by Gasteiger charge is -2.28. The average molecular weight is 329 g/mol. The predicted molar refractivity (Wildman–Crippen MR) is 62.2 cm³/mol. The highest BCUT2D eigenvalue weighted by atomic mass is 28.4. The quantitative estimate of drug-likeness (QED) is 0.364. The normalized spacial score (nSPS) is 14.7. The lowest BCUT2D eigenvalue weighted by Crippen LogP contribution is -2.64. The first-order valence-corrected chi connectivity index (χ1v) is 8.34. The summed E-state index contributed by atoms with van der Waals surface area (Å²) in [4.78, 5) is 0. The molecule has 0 fully saturated rings. The molecule has 0 saturated carbocycles. The molecule has 0 unspecified atom stereocenters. The summed E-state index contributed by atoms with van der Waals surface area (Å²) in [7, 11) is -2.73. The Morgan fingerprint density at radius 1 is 0.700 bits per heavy atom. The van der Waals surface area contributed by atoms with Gasteiger partial charge in [-0.1, -0.05) is 19.3 Å². The van der Waals surface area contributed by atoms with Gasteiger partial charge in [0.25, 0.3) is 8.56 Å². The largest absolute Gasteiger partial charge is 0.459 e. The second-order valence-electron chi connectivity index (χ2n) is 4.80. The third kappa shape index (κ3) is 5.93. The molecule has 122 valence electrons. The number of nitrogens with two attached hydrogens (primary N) is 3. The maximum atomic E-state index is 12.9. The molecule has 0 radical (unpaired) electrons. The van der Waals surface area contributed by atoms with Gasteiger partial charge in [0.15, 0.2) is 0 Å². The molecule has 0 atom stereocenters. The van der Waals surface area contributed by atoms with Gasteiger partial charge < -0.3 is 16.2 Å². The fourth-order valence-corrected chi connectivity index (χ4v) is 2.36. The van der Waals surface area contributed by atoms with Gasteiger partial charge in [-0.2, -0.15) is 30.7 Å². The smallest absolute Gasteiger partial charge is 0.327 e. The number of rotatable bonds is 8. The zero-order chi connectivity index (χ0) is 16.2. The Kier molecular flexibility index (Phi) is 6.45. The molecule has 0 aliphatic heterocycles. The Hall–Kier alpha value is -0.393. The summed E-state index contributed by atoms with van der Waals surface area (Å²) in [6.07, 6.45) is -7.40. The van der Waals surface area contributed by atoms with Gasteiger partial charge in [0.05, 0.1) is 0 Å². The van der Waals surface area contributed by atoms with Gasteiger partial charge in [0.1, 0.15) is 0 Å². The van der Waals surface area contributed by atoms with Crippen molar-refractivity contribution in [1.82, 2.24) is 0 Å². The molecular weight excluding hydrogens is 311 g/mol. The minimum atomic E-state index is -6.26. The zero-order valence-electron chi connectivity index (χ0n) is 10.6. The summed E-state index contributed by atoms with van der Waals surface area (Å²) >= 11 is 0. The highest BCUT2D eigenvalue weighted by Crippen LogP contribution is 2.48. The first-order valence-electron chi connectivity index (χ1n) is 5.90. The lowest BCUT2D eigenvalue weighted by atomic mass is 10.0. The van der Waals surface area contributed by atoms with E-state index < -0.39 is 39.4 Å². The molecule has 0 aliphatic rings. The van der Waals surface area contributed by atoms with Crippen LogP contribution in [0.4, 0.5) is 30.7 Å². The van der Waals surface area contributed by atoms with Crippen LogP contribution in [0.5, 0.6) is 0 Å². The number of halogens is 7. The van der Waals surface area contributed by atoms with Crippen LogP contribution in [0, 0.1) is 0 Å². The summed E-state index contributed by atoms with van der Waals surface area (Å²) in [6.45, 7) is 0. The second kappa shape index (κ2) is 6.58. The van der Waals surface area contributed by atoms with Crippen LogP contribution < -0.4 is 16.2 Å². The molecule has 3 nitrogen and oxygen atoms in total. The SMILES string of the molecule is N[Si](N)(N)CCCCCCC(F)(F)C(F)(F)C(F)(F)F.